The van der Waals surface area contributed by atoms with Crippen LogP contribution in [-0.4, -0.2) is 85.7 Å². The van der Waals surface area contributed by atoms with Gasteiger partial charge in [0, 0.05) is 19.0 Å². The molecular formula is C42H77N3O15P2. The second kappa shape index (κ2) is 30.8. The Kier molecular flexibility index (Phi) is 27.8. The van der Waals surface area contributed by atoms with E-state index >= 15 is 0 Å². The van der Waals surface area contributed by atoms with E-state index in [1.165, 1.54) is 70.3 Å². The van der Waals surface area contributed by atoms with Gasteiger partial charge in [0.2, 0.25) is 0 Å². The van der Waals surface area contributed by atoms with Gasteiger partial charge in [0.15, 0.2) is 12.3 Å². The summed E-state index contributed by atoms with van der Waals surface area (Å²) >= 11 is 0. The Balaban J connectivity index is 1.84. The van der Waals surface area contributed by atoms with Gasteiger partial charge < -0.3 is 39.9 Å². The number of nitrogens with two attached hydrogens (primary N) is 1. The molecule has 1 aromatic heterocycles. The third-order valence-corrected chi connectivity index (χ3v) is 13.5. The normalized spacial score (nSPS) is 20.7. The highest BCUT2D eigenvalue weighted by Crippen LogP contribution is 2.60. The first-order chi connectivity index (χ1) is 29.4. The zero-order valence-corrected chi connectivity index (χ0v) is 39.3. The van der Waals surface area contributed by atoms with Crippen LogP contribution in [0.15, 0.2) is 17.1 Å². The number of carbonyl (C=O) groups excluding carboxylic acids is 2. The molecule has 8 atom stereocenters. The number of phosphoric ester groups is 2. The van der Waals surface area contributed by atoms with E-state index in [1.54, 1.807) is 0 Å². The van der Waals surface area contributed by atoms with Gasteiger partial charge in [-0.05, 0) is 30.7 Å². The van der Waals surface area contributed by atoms with Crippen molar-refractivity contribution >= 4 is 33.4 Å². The number of hydrogen-bond acceptors (Lipinski definition) is 15. The number of ether oxygens (including phenoxy) is 3. The molecular weight excluding hydrogens is 848 g/mol. The van der Waals surface area contributed by atoms with Gasteiger partial charge in [-0.3, -0.25) is 23.2 Å². The summed E-state index contributed by atoms with van der Waals surface area (Å²) in [7, 11) is -10.8. The minimum absolute atomic E-state index is 0.0547. The maximum absolute atomic E-state index is 12.8. The summed E-state index contributed by atoms with van der Waals surface area (Å²) in [5.74, 6) is 0.211. The Bertz CT molecular complexity index is 1570. The largest absolute Gasteiger partial charge is 0.481 e. The molecule has 2 heterocycles. The monoisotopic (exact) mass is 925 g/mol. The molecule has 4 unspecified atom stereocenters. The lowest BCUT2D eigenvalue weighted by Crippen LogP contribution is -2.36. The molecule has 1 aromatic rings. The van der Waals surface area contributed by atoms with E-state index in [4.69, 9.17) is 29.0 Å². The van der Waals surface area contributed by atoms with Gasteiger partial charge in [-0.25, -0.2) is 13.9 Å². The molecule has 0 spiro atoms. The second-order valence-electron chi connectivity index (χ2n) is 17.0. The number of nitrogens with zero attached hydrogens (tertiary/aromatic N) is 2. The first-order valence-corrected chi connectivity index (χ1v) is 25.8. The molecule has 2 rings (SSSR count). The lowest BCUT2D eigenvalue weighted by atomic mass is 9.99. The third kappa shape index (κ3) is 24.7. The molecule has 1 fully saturated rings. The van der Waals surface area contributed by atoms with Gasteiger partial charge in [0.25, 0.3) is 0 Å². The number of unbranched alkanes of at least 4 members (excludes halogenated alkanes) is 15. The minimum atomic E-state index is -5.41. The number of aliphatic hydroxyl groups is 2. The second-order valence-corrected chi connectivity index (χ2v) is 20.0. The molecule has 1 aliphatic heterocycles. The quantitative estimate of drug-likeness (QED) is 0.0242. The molecule has 0 amide bonds. The number of anilines is 1. The molecule has 1 aliphatic rings. The maximum Gasteiger partial charge on any atom is 0.481 e. The fourth-order valence-electron chi connectivity index (χ4n) is 6.94. The van der Waals surface area contributed by atoms with Crippen LogP contribution in [0.3, 0.4) is 0 Å². The van der Waals surface area contributed by atoms with Crippen molar-refractivity contribution in [1.29, 1.82) is 0 Å². The number of carbonyl (C=O) groups is 2. The molecule has 1 saturated heterocycles. The number of rotatable bonds is 36. The van der Waals surface area contributed by atoms with E-state index in [1.807, 2.05) is 0 Å². The molecule has 62 heavy (non-hydrogen) atoms. The summed E-state index contributed by atoms with van der Waals surface area (Å²) in [6.07, 6.45) is 15.2. The smallest absolute Gasteiger partial charge is 0.462 e. The van der Waals surface area contributed by atoms with E-state index in [-0.39, 0.29) is 18.7 Å². The van der Waals surface area contributed by atoms with Crippen molar-refractivity contribution in [2.45, 2.75) is 200 Å². The topological polar surface area (TPSA) is 265 Å². The van der Waals surface area contributed by atoms with Crippen LogP contribution in [0.25, 0.3) is 0 Å². The van der Waals surface area contributed by atoms with Crippen LogP contribution in [-0.2, 0) is 46.3 Å². The summed E-state index contributed by atoms with van der Waals surface area (Å²) in [5.41, 5.74) is 4.58. The van der Waals surface area contributed by atoms with Gasteiger partial charge in [-0.15, -0.1) is 0 Å². The highest BCUT2D eigenvalue weighted by atomic mass is 31.3. The van der Waals surface area contributed by atoms with E-state index in [0.29, 0.717) is 18.8 Å². The average molecular weight is 926 g/mol. The number of aliphatic hydroxyl groups excluding tert-OH is 2. The maximum atomic E-state index is 12.8. The summed E-state index contributed by atoms with van der Waals surface area (Å²) in [5, 5.41) is 20.8. The third-order valence-electron chi connectivity index (χ3n) is 10.9. The zero-order chi connectivity index (χ0) is 46.0. The standard InChI is InChI=1S/C42H77N3O15P2/c1-5-33(4)24-20-16-12-8-6-7-9-13-18-22-26-38(47)58-34(29-55-37(46)25-21-17-14-10-11-15-19-23-32(2)3)30-56-61(51,52)60-62(53,54)57-31-35-39(48)40(49)41(59-35)45-28-27-36(43)44-42(45)50/h27-28,32-35,39-41,48-49H,5-26,29-31H2,1-4H3,(H,51,52)(H,53,54)(H2,43,44,50)/t33?,34-,35-,39+,40?,41-/m1/s1. The Morgan fingerprint density at radius 2 is 1.29 bits per heavy atom. The van der Waals surface area contributed by atoms with Gasteiger partial charge in [0.1, 0.15) is 30.7 Å². The van der Waals surface area contributed by atoms with Crippen LogP contribution in [0.4, 0.5) is 5.82 Å². The molecule has 6 N–H and O–H groups in total. The first kappa shape index (κ1) is 55.9. The number of phosphoric acid groups is 2. The van der Waals surface area contributed by atoms with Gasteiger partial charge in [-0.1, -0.05) is 143 Å². The number of aromatic nitrogens is 2. The van der Waals surface area contributed by atoms with Crippen molar-refractivity contribution in [1.82, 2.24) is 9.55 Å². The summed E-state index contributed by atoms with van der Waals surface area (Å²) in [6, 6.07) is 1.25. The van der Waals surface area contributed by atoms with Crippen molar-refractivity contribution in [2.75, 3.05) is 25.6 Å². The molecule has 0 aromatic carbocycles. The number of nitrogen functional groups attached to an aromatic ring is 1. The summed E-state index contributed by atoms with van der Waals surface area (Å²) in [4.78, 5) is 61.6. The average Bonchev–Trinajstić information content (AvgIpc) is 3.48. The van der Waals surface area contributed by atoms with E-state index in [2.05, 4.69) is 37.0 Å². The van der Waals surface area contributed by atoms with Gasteiger partial charge in [-0.2, -0.15) is 9.29 Å². The molecule has 360 valence electrons. The van der Waals surface area contributed by atoms with Crippen LogP contribution in [0.1, 0.15) is 175 Å². The van der Waals surface area contributed by atoms with Crippen LogP contribution in [0.2, 0.25) is 0 Å². The van der Waals surface area contributed by atoms with E-state index in [0.717, 1.165) is 68.0 Å². The molecule has 0 bridgehead atoms. The predicted molar refractivity (Wildman–Crippen MR) is 234 cm³/mol. The number of hydrogen-bond donors (Lipinski definition) is 5. The van der Waals surface area contributed by atoms with Crippen molar-refractivity contribution in [2.24, 2.45) is 11.8 Å². The fourth-order valence-corrected chi connectivity index (χ4v) is 9.05. The zero-order valence-electron chi connectivity index (χ0n) is 37.5. The molecule has 18 nitrogen and oxygen atoms in total. The molecule has 20 heteroatoms. The SMILES string of the molecule is CCC(C)CCCCCCCCCCCCC(=O)O[C@H](COC(=O)CCCCCCCCCC(C)C)COP(=O)(O)OP(=O)(O)OC[C@H]1O[C@@H](n2ccc(N)nc2=O)C(O)[C@H]1O. The number of esters is 2. The van der Waals surface area contributed by atoms with Crippen molar-refractivity contribution in [3.63, 3.8) is 0 Å². The summed E-state index contributed by atoms with van der Waals surface area (Å²) < 4.78 is 56.5. The Morgan fingerprint density at radius 1 is 0.774 bits per heavy atom. The highest BCUT2D eigenvalue weighted by Gasteiger charge is 2.46. The molecule has 0 aliphatic carbocycles. The summed E-state index contributed by atoms with van der Waals surface area (Å²) in [6.45, 7) is 6.68. The fraction of sp³-hybridized carbons (Fsp3) is 0.857. The molecule has 0 radical (unpaired) electrons. The highest BCUT2D eigenvalue weighted by molar-refractivity contribution is 7.61. The predicted octanol–water partition coefficient (Wildman–Crippen LogP) is 8.04. The Morgan fingerprint density at radius 3 is 1.84 bits per heavy atom. The van der Waals surface area contributed by atoms with Crippen molar-refractivity contribution in [3.8, 4) is 0 Å². The molecule has 0 saturated carbocycles. The van der Waals surface area contributed by atoms with Crippen LogP contribution >= 0.6 is 15.6 Å². The van der Waals surface area contributed by atoms with Crippen LogP contribution in [0.5, 0.6) is 0 Å². The van der Waals surface area contributed by atoms with Crippen LogP contribution < -0.4 is 11.4 Å². The van der Waals surface area contributed by atoms with Gasteiger partial charge in [0.05, 0.1) is 13.2 Å². The van der Waals surface area contributed by atoms with Crippen LogP contribution in [0, 0.1) is 11.8 Å². The minimum Gasteiger partial charge on any atom is -0.462 e. The van der Waals surface area contributed by atoms with Crippen molar-refractivity contribution < 1.29 is 66.3 Å². The van der Waals surface area contributed by atoms with Gasteiger partial charge >= 0.3 is 33.3 Å². The Labute approximate surface area is 368 Å². The van der Waals surface area contributed by atoms with E-state index < -0.39 is 83.7 Å². The lowest BCUT2D eigenvalue weighted by molar-refractivity contribution is -0.161. The van der Waals surface area contributed by atoms with Crippen molar-refractivity contribution in [3.05, 3.63) is 22.7 Å². The Hall–Kier alpha value is -2.24. The van der Waals surface area contributed by atoms with E-state index in [9.17, 15) is 43.5 Å². The first-order valence-electron chi connectivity index (χ1n) is 22.8. The lowest BCUT2D eigenvalue weighted by Gasteiger charge is -2.21.